The highest BCUT2D eigenvalue weighted by atomic mass is 32.1. The van der Waals surface area contributed by atoms with Gasteiger partial charge in [-0.05, 0) is 37.0 Å². The summed E-state index contributed by atoms with van der Waals surface area (Å²) in [5.41, 5.74) is 4.03. The fraction of sp³-hybridized carbons (Fsp3) is 0.500. The summed E-state index contributed by atoms with van der Waals surface area (Å²) in [4.78, 5) is 7.13. The molecular weight excluding hydrogens is 242 g/mol. The van der Waals surface area contributed by atoms with Crippen molar-refractivity contribution < 1.29 is 0 Å². The Kier molecular flexibility index (Phi) is 3.12. The van der Waals surface area contributed by atoms with Gasteiger partial charge in [0, 0.05) is 25.8 Å². The molecule has 1 aromatic carbocycles. The van der Waals surface area contributed by atoms with Crippen LogP contribution in [-0.4, -0.2) is 25.1 Å². The third-order valence-corrected chi connectivity index (χ3v) is 4.55. The highest BCUT2D eigenvalue weighted by Gasteiger charge is 2.18. The molecule has 2 heterocycles. The Labute approximate surface area is 112 Å². The minimum Gasteiger partial charge on any atom is -0.371 e. The molecule has 0 atom stereocenters. The van der Waals surface area contributed by atoms with Crippen LogP contribution < -0.4 is 10.2 Å². The normalized spacial score (nSPS) is 14.9. The second-order valence-electron chi connectivity index (χ2n) is 4.81. The van der Waals surface area contributed by atoms with E-state index in [1.807, 2.05) is 7.05 Å². The Morgan fingerprint density at radius 1 is 1.44 bits per heavy atom. The second-order valence-corrected chi connectivity index (χ2v) is 5.84. The van der Waals surface area contributed by atoms with E-state index < -0.39 is 0 Å². The Morgan fingerprint density at radius 3 is 3.11 bits per heavy atom. The van der Waals surface area contributed by atoms with E-state index in [0.29, 0.717) is 0 Å². The zero-order chi connectivity index (χ0) is 12.5. The van der Waals surface area contributed by atoms with Gasteiger partial charge in [-0.3, -0.25) is 0 Å². The van der Waals surface area contributed by atoms with E-state index in [4.69, 9.17) is 0 Å². The predicted octanol–water partition coefficient (Wildman–Crippen LogP) is 3.50. The number of nitrogens with one attached hydrogen (secondary N) is 1. The van der Waals surface area contributed by atoms with E-state index in [2.05, 4.69) is 34.3 Å². The number of anilines is 2. The summed E-state index contributed by atoms with van der Waals surface area (Å²) in [6, 6.07) is 4.61. The lowest BCUT2D eigenvalue weighted by Crippen LogP contribution is -2.29. The maximum Gasteiger partial charge on any atom is 0.183 e. The molecule has 0 spiro atoms. The first kappa shape index (κ1) is 11.8. The summed E-state index contributed by atoms with van der Waals surface area (Å²) in [6.45, 7) is 4.59. The van der Waals surface area contributed by atoms with Gasteiger partial charge in [-0.1, -0.05) is 18.3 Å². The monoisotopic (exact) mass is 261 g/mol. The lowest BCUT2D eigenvalue weighted by Gasteiger charge is -2.31. The van der Waals surface area contributed by atoms with E-state index in [-0.39, 0.29) is 0 Å². The summed E-state index contributed by atoms with van der Waals surface area (Å²) >= 11 is 1.74. The summed E-state index contributed by atoms with van der Waals surface area (Å²) in [5.74, 6) is 0. The molecule has 3 nitrogen and oxygen atoms in total. The van der Waals surface area contributed by atoms with Crippen LogP contribution in [0.25, 0.3) is 10.2 Å². The van der Waals surface area contributed by atoms with E-state index in [0.717, 1.165) is 17.2 Å². The molecule has 1 aliphatic rings. The third kappa shape index (κ3) is 1.94. The number of aromatic nitrogens is 1. The number of hydrogen-bond donors (Lipinski definition) is 1. The number of nitrogens with zero attached hydrogens (tertiary/aromatic N) is 2. The molecule has 0 amide bonds. The Balaban J connectivity index is 2.08. The molecule has 18 heavy (non-hydrogen) atoms. The van der Waals surface area contributed by atoms with E-state index in [1.165, 1.54) is 41.8 Å². The maximum absolute atomic E-state index is 4.61. The number of rotatable bonds is 3. The van der Waals surface area contributed by atoms with Gasteiger partial charge in [-0.2, -0.15) is 0 Å². The minimum atomic E-state index is 1.01. The van der Waals surface area contributed by atoms with E-state index >= 15 is 0 Å². The third-order valence-electron chi connectivity index (χ3n) is 3.51. The molecule has 1 aromatic heterocycles. The molecule has 0 saturated carbocycles. The molecule has 0 fully saturated rings. The molecule has 2 aromatic rings. The van der Waals surface area contributed by atoms with Crippen LogP contribution in [-0.2, 0) is 6.42 Å². The lowest BCUT2D eigenvalue weighted by molar-refractivity contribution is 0.682. The maximum atomic E-state index is 4.61. The number of fused-ring (bicyclic) bond motifs is 2. The molecule has 0 unspecified atom stereocenters. The topological polar surface area (TPSA) is 28.2 Å². The standard InChI is InChI=1S/C14H19N3S/c1-3-6-17-7-4-5-10-8-13-11(9-12(10)17)16-14(15-2)18-13/h8-9H,3-7H2,1-2H3,(H,15,16). The van der Waals surface area contributed by atoms with Crippen molar-refractivity contribution in [3.05, 3.63) is 17.7 Å². The Morgan fingerprint density at radius 2 is 2.33 bits per heavy atom. The van der Waals surface area contributed by atoms with Gasteiger partial charge in [0.2, 0.25) is 0 Å². The van der Waals surface area contributed by atoms with Crippen molar-refractivity contribution in [3.63, 3.8) is 0 Å². The lowest BCUT2D eigenvalue weighted by atomic mass is 10.0. The van der Waals surface area contributed by atoms with Gasteiger partial charge in [-0.15, -0.1) is 0 Å². The highest BCUT2D eigenvalue weighted by molar-refractivity contribution is 7.22. The fourth-order valence-electron chi connectivity index (χ4n) is 2.69. The number of aryl methyl sites for hydroxylation is 1. The molecule has 0 saturated heterocycles. The van der Waals surface area contributed by atoms with Crippen LogP contribution >= 0.6 is 11.3 Å². The molecule has 1 N–H and O–H groups in total. The van der Waals surface area contributed by atoms with Gasteiger partial charge in [0.1, 0.15) is 0 Å². The average molecular weight is 261 g/mol. The van der Waals surface area contributed by atoms with Gasteiger partial charge in [0.15, 0.2) is 5.13 Å². The Hall–Kier alpha value is -1.29. The van der Waals surface area contributed by atoms with Crippen molar-refractivity contribution in [2.45, 2.75) is 26.2 Å². The van der Waals surface area contributed by atoms with Crippen molar-refractivity contribution in [1.29, 1.82) is 0 Å². The number of benzene rings is 1. The zero-order valence-electron chi connectivity index (χ0n) is 11.0. The number of thiazole rings is 1. The summed E-state index contributed by atoms with van der Waals surface area (Å²) in [6.07, 6.45) is 3.69. The first-order valence-electron chi connectivity index (χ1n) is 6.68. The van der Waals surface area contributed by atoms with Crippen LogP contribution in [0.4, 0.5) is 10.8 Å². The smallest absolute Gasteiger partial charge is 0.183 e. The minimum absolute atomic E-state index is 1.01. The molecule has 0 bridgehead atoms. The van der Waals surface area contributed by atoms with Crippen molar-refractivity contribution in [3.8, 4) is 0 Å². The fourth-order valence-corrected chi connectivity index (χ4v) is 3.55. The molecule has 0 radical (unpaired) electrons. The molecular formula is C14H19N3S. The van der Waals surface area contributed by atoms with Gasteiger partial charge in [-0.25, -0.2) is 4.98 Å². The van der Waals surface area contributed by atoms with Crippen LogP contribution in [0.1, 0.15) is 25.3 Å². The molecule has 1 aliphatic heterocycles. The quantitative estimate of drug-likeness (QED) is 0.916. The van der Waals surface area contributed by atoms with Crippen molar-refractivity contribution >= 4 is 32.4 Å². The Bertz CT molecular complexity index is 561. The second kappa shape index (κ2) is 4.76. The zero-order valence-corrected chi connectivity index (χ0v) is 11.8. The molecule has 4 heteroatoms. The van der Waals surface area contributed by atoms with Crippen LogP contribution in [0, 0.1) is 0 Å². The summed E-state index contributed by atoms with van der Waals surface area (Å²) < 4.78 is 1.30. The largest absolute Gasteiger partial charge is 0.371 e. The summed E-state index contributed by atoms with van der Waals surface area (Å²) in [5, 5.41) is 4.15. The first-order chi connectivity index (χ1) is 8.81. The highest BCUT2D eigenvalue weighted by Crippen LogP contribution is 2.35. The van der Waals surface area contributed by atoms with Gasteiger partial charge in [0.05, 0.1) is 10.2 Å². The number of hydrogen-bond acceptors (Lipinski definition) is 4. The van der Waals surface area contributed by atoms with Gasteiger partial charge >= 0.3 is 0 Å². The molecule has 3 rings (SSSR count). The van der Waals surface area contributed by atoms with Crippen LogP contribution in [0.15, 0.2) is 12.1 Å². The van der Waals surface area contributed by atoms with Crippen molar-refractivity contribution in [2.75, 3.05) is 30.4 Å². The van der Waals surface area contributed by atoms with Gasteiger partial charge in [0.25, 0.3) is 0 Å². The van der Waals surface area contributed by atoms with E-state index in [9.17, 15) is 0 Å². The van der Waals surface area contributed by atoms with Crippen molar-refractivity contribution in [1.82, 2.24) is 4.98 Å². The van der Waals surface area contributed by atoms with Crippen LogP contribution in [0.2, 0.25) is 0 Å². The molecule has 96 valence electrons. The van der Waals surface area contributed by atoms with Gasteiger partial charge < -0.3 is 10.2 Å². The van der Waals surface area contributed by atoms with E-state index in [1.54, 1.807) is 11.3 Å². The molecule has 0 aliphatic carbocycles. The first-order valence-corrected chi connectivity index (χ1v) is 7.49. The predicted molar refractivity (Wildman–Crippen MR) is 80.0 cm³/mol. The van der Waals surface area contributed by atoms with Crippen molar-refractivity contribution in [2.24, 2.45) is 0 Å². The van der Waals surface area contributed by atoms with Crippen LogP contribution in [0.5, 0.6) is 0 Å². The SMILES string of the molecule is CCCN1CCCc2cc3sc(NC)nc3cc21. The average Bonchev–Trinajstić information content (AvgIpc) is 2.79. The summed E-state index contributed by atoms with van der Waals surface area (Å²) in [7, 11) is 1.93. The van der Waals surface area contributed by atoms with Crippen LogP contribution in [0.3, 0.4) is 0 Å².